The Morgan fingerprint density at radius 3 is 2.90 bits per heavy atom. The van der Waals surface area contributed by atoms with E-state index in [4.69, 9.17) is 11.6 Å². The van der Waals surface area contributed by atoms with Crippen molar-refractivity contribution in [2.75, 3.05) is 4.72 Å². The van der Waals surface area contributed by atoms with Crippen LogP contribution in [0.25, 0.3) is 22.0 Å². The highest BCUT2D eigenvalue weighted by atomic mass is 35.5. The highest BCUT2D eigenvalue weighted by Gasteiger charge is 2.21. The monoisotopic (exact) mass is 312 g/mol. The van der Waals surface area contributed by atoms with Gasteiger partial charge in [0.2, 0.25) is 0 Å². The summed E-state index contributed by atoms with van der Waals surface area (Å²) in [5, 5.41) is 4.11. The third-order valence-corrected chi connectivity index (χ3v) is 5.65. The Labute approximate surface area is 130 Å². The van der Waals surface area contributed by atoms with Crippen LogP contribution in [0.4, 0.5) is 5.69 Å². The summed E-state index contributed by atoms with van der Waals surface area (Å²) in [6.45, 7) is 2.08. The number of halogens is 1. The molecule has 0 fully saturated rings. The number of pyridine rings is 1. The van der Waals surface area contributed by atoms with Crippen LogP contribution in [0.15, 0.2) is 53.6 Å². The molecular weight excluding hydrogens is 300 g/mol. The number of nitrogens with one attached hydrogen (secondary N) is 1. The van der Waals surface area contributed by atoms with Gasteiger partial charge >= 0.3 is 0 Å². The molecule has 2 aromatic carbocycles. The summed E-state index contributed by atoms with van der Waals surface area (Å²) in [7, 11) is -0.126. The largest absolute Gasteiger partial charge is 0.329 e. The number of benzene rings is 2. The fourth-order valence-corrected chi connectivity index (χ4v) is 4.43. The van der Waals surface area contributed by atoms with Crippen LogP contribution in [0.5, 0.6) is 0 Å². The molecule has 0 aliphatic carbocycles. The van der Waals surface area contributed by atoms with Crippen LogP contribution in [0.3, 0.4) is 0 Å². The lowest BCUT2D eigenvalue weighted by Crippen LogP contribution is -2.04. The second-order valence-corrected chi connectivity index (χ2v) is 7.11. The molecule has 4 heteroatoms. The molecule has 0 saturated heterocycles. The molecule has 0 saturated carbocycles. The van der Waals surface area contributed by atoms with Crippen molar-refractivity contribution in [3.63, 3.8) is 0 Å². The average Bonchev–Trinajstić information content (AvgIpc) is 2.53. The molecule has 0 amide bonds. The highest BCUT2D eigenvalue weighted by molar-refractivity contribution is 8.16. The van der Waals surface area contributed by atoms with Crippen molar-refractivity contribution in [1.82, 2.24) is 4.98 Å². The smallest absolute Gasteiger partial charge is 0.0947 e. The molecular formula is C17H13ClN2S. The SMILES string of the molecule is C/C=S1\Nc2c(ccc3cccnc23)-c2cc(Cl)ccc21. The lowest BCUT2D eigenvalue weighted by atomic mass is 10.0. The van der Waals surface area contributed by atoms with Gasteiger partial charge in [-0.2, -0.15) is 0 Å². The fraction of sp³-hybridized carbons (Fsp3) is 0.0588. The molecule has 1 aromatic heterocycles. The standard InChI is InChI=1S/C17H13ClN2S/c1-2-21-15-8-6-12(18)10-14(15)13-7-5-11-4-3-9-19-16(11)17(13)20-21/h2-10,20H,1H3. The summed E-state index contributed by atoms with van der Waals surface area (Å²) in [6, 6.07) is 14.4. The van der Waals surface area contributed by atoms with Crippen LogP contribution >= 0.6 is 22.3 Å². The Morgan fingerprint density at radius 1 is 1.14 bits per heavy atom. The van der Waals surface area contributed by atoms with E-state index >= 15 is 0 Å². The topological polar surface area (TPSA) is 24.9 Å². The molecule has 21 heavy (non-hydrogen) atoms. The molecule has 1 aliphatic rings. The minimum absolute atomic E-state index is 0.126. The van der Waals surface area contributed by atoms with Crippen LogP contribution in [-0.4, -0.2) is 10.4 Å². The van der Waals surface area contributed by atoms with Gasteiger partial charge in [-0.3, -0.25) is 4.98 Å². The molecule has 2 heterocycles. The Bertz CT molecular complexity index is 902. The van der Waals surface area contributed by atoms with Gasteiger partial charge in [0.15, 0.2) is 0 Å². The zero-order chi connectivity index (χ0) is 14.4. The molecule has 1 atom stereocenters. The maximum Gasteiger partial charge on any atom is 0.0947 e. The van der Waals surface area contributed by atoms with Gasteiger partial charge in [0.1, 0.15) is 0 Å². The Hall–Kier alpha value is -1.84. The average molecular weight is 313 g/mol. The minimum atomic E-state index is -0.126. The van der Waals surface area contributed by atoms with E-state index < -0.39 is 0 Å². The van der Waals surface area contributed by atoms with E-state index in [1.54, 1.807) is 0 Å². The van der Waals surface area contributed by atoms with Gasteiger partial charge in [-0.15, -0.1) is 0 Å². The van der Waals surface area contributed by atoms with E-state index in [0.29, 0.717) is 0 Å². The van der Waals surface area contributed by atoms with E-state index in [-0.39, 0.29) is 10.7 Å². The number of hydrogen-bond donors (Lipinski definition) is 1. The van der Waals surface area contributed by atoms with Crippen LogP contribution in [0.2, 0.25) is 5.02 Å². The summed E-state index contributed by atoms with van der Waals surface area (Å²) in [6.07, 6.45) is 1.84. The summed E-state index contributed by atoms with van der Waals surface area (Å²) in [5.74, 6) is 0. The van der Waals surface area contributed by atoms with E-state index in [2.05, 4.69) is 52.3 Å². The summed E-state index contributed by atoms with van der Waals surface area (Å²) < 4.78 is 3.63. The molecule has 2 nitrogen and oxygen atoms in total. The number of fused-ring (bicyclic) bond motifs is 5. The quantitative estimate of drug-likeness (QED) is 0.566. The second kappa shape index (κ2) is 4.86. The Morgan fingerprint density at radius 2 is 2.05 bits per heavy atom. The van der Waals surface area contributed by atoms with Gasteiger partial charge in [-0.25, -0.2) is 0 Å². The van der Waals surface area contributed by atoms with E-state index in [1.165, 1.54) is 16.0 Å². The van der Waals surface area contributed by atoms with Crippen molar-refractivity contribution >= 4 is 44.2 Å². The van der Waals surface area contributed by atoms with Gasteiger partial charge in [0, 0.05) is 32.6 Å². The Balaban J connectivity index is 2.12. The molecule has 1 unspecified atom stereocenters. The Kier molecular flexibility index (Phi) is 2.98. The predicted octanol–water partition coefficient (Wildman–Crippen LogP) is 5.35. The first-order chi connectivity index (χ1) is 10.3. The van der Waals surface area contributed by atoms with Gasteiger partial charge < -0.3 is 4.72 Å². The van der Waals surface area contributed by atoms with Gasteiger partial charge in [-0.05, 0) is 36.6 Å². The van der Waals surface area contributed by atoms with E-state index in [1.807, 2.05) is 18.3 Å². The van der Waals surface area contributed by atoms with Crippen LogP contribution in [-0.2, 0) is 0 Å². The minimum Gasteiger partial charge on any atom is -0.329 e. The lowest BCUT2D eigenvalue weighted by Gasteiger charge is -2.26. The number of nitrogens with zero attached hydrogens (tertiary/aromatic N) is 1. The molecule has 1 N–H and O–H groups in total. The van der Waals surface area contributed by atoms with Crippen molar-refractivity contribution in [3.8, 4) is 11.1 Å². The summed E-state index contributed by atoms with van der Waals surface area (Å²) in [5.41, 5.74) is 4.49. The van der Waals surface area contributed by atoms with Crippen LogP contribution < -0.4 is 4.72 Å². The molecule has 3 aromatic rings. The molecule has 0 spiro atoms. The third-order valence-electron chi connectivity index (χ3n) is 3.69. The lowest BCUT2D eigenvalue weighted by molar-refractivity contribution is 1.39. The van der Waals surface area contributed by atoms with Gasteiger partial charge in [0.25, 0.3) is 0 Å². The number of rotatable bonds is 0. The first kappa shape index (κ1) is 12.9. The number of aromatic nitrogens is 1. The van der Waals surface area contributed by atoms with Crippen molar-refractivity contribution in [2.45, 2.75) is 11.8 Å². The van der Waals surface area contributed by atoms with Crippen LogP contribution in [0, 0.1) is 0 Å². The van der Waals surface area contributed by atoms with Crippen molar-refractivity contribution in [2.24, 2.45) is 0 Å². The normalized spacial score (nSPS) is 16.4. The first-order valence-electron chi connectivity index (χ1n) is 6.75. The molecule has 0 bridgehead atoms. The van der Waals surface area contributed by atoms with Crippen molar-refractivity contribution in [3.05, 3.63) is 53.7 Å². The van der Waals surface area contributed by atoms with Crippen molar-refractivity contribution < 1.29 is 0 Å². The molecule has 4 rings (SSSR count). The van der Waals surface area contributed by atoms with E-state index in [0.717, 1.165) is 21.6 Å². The third kappa shape index (κ3) is 1.96. The van der Waals surface area contributed by atoms with E-state index in [9.17, 15) is 0 Å². The summed E-state index contributed by atoms with van der Waals surface area (Å²) >= 11 is 6.21. The number of hydrogen-bond acceptors (Lipinski definition) is 2. The molecule has 1 aliphatic heterocycles. The zero-order valence-corrected chi connectivity index (χ0v) is 13.0. The fourth-order valence-electron chi connectivity index (χ4n) is 2.73. The summed E-state index contributed by atoms with van der Waals surface area (Å²) in [4.78, 5) is 5.84. The zero-order valence-electron chi connectivity index (χ0n) is 11.4. The number of anilines is 1. The molecule has 0 radical (unpaired) electrons. The van der Waals surface area contributed by atoms with Crippen LogP contribution in [0.1, 0.15) is 6.92 Å². The first-order valence-corrected chi connectivity index (χ1v) is 8.41. The van der Waals surface area contributed by atoms with Gasteiger partial charge in [0.05, 0.1) is 11.2 Å². The van der Waals surface area contributed by atoms with Crippen molar-refractivity contribution in [1.29, 1.82) is 0 Å². The maximum atomic E-state index is 6.21. The van der Waals surface area contributed by atoms with Gasteiger partial charge in [-0.1, -0.05) is 40.5 Å². The molecule has 104 valence electrons. The maximum absolute atomic E-state index is 6.21. The predicted molar refractivity (Wildman–Crippen MR) is 93.4 cm³/mol. The second-order valence-electron chi connectivity index (χ2n) is 4.88. The highest BCUT2D eigenvalue weighted by Crippen LogP contribution is 2.48.